The zero-order valence-corrected chi connectivity index (χ0v) is 8.81. The van der Waals surface area contributed by atoms with E-state index in [1.165, 1.54) is 0 Å². The van der Waals surface area contributed by atoms with Crippen molar-refractivity contribution in [2.45, 2.75) is 25.9 Å². The van der Waals surface area contributed by atoms with Gasteiger partial charge in [0, 0.05) is 19.1 Å². The van der Waals surface area contributed by atoms with Gasteiger partial charge in [0.15, 0.2) is 0 Å². The van der Waals surface area contributed by atoms with Crippen LogP contribution >= 0.6 is 12.2 Å². The molecule has 0 aromatic rings. The lowest BCUT2D eigenvalue weighted by molar-refractivity contribution is -0.0359. The van der Waals surface area contributed by atoms with Crippen LogP contribution in [0.3, 0.4) is 0 Å². The molecule has 0 saturated carbocycles. The van der Waals surface area contributed by atoms with Crippen LogP contribution in [0.4, 0.5) is 0 Å². The first-order chi connectivity index (χ1) is 6.20. The Hall–Kier alpha value is -0.190. The number of hydrogen-bond acceptors (Lipinski definition) is 3. The van der Waals surface area contributed by atoms with Crippen LogP contribution < -0.4 is 5.73 Å². The maximum Gasteiger partial charge on any atom is 0.0779 e. The lowest BCUT2D eigenvalue weighted by Crippen LogP contribution is -2.29. The Morgan fingerprint density at radius 2 is 2.23 bits per heavy atom. The molecule has 1 aliphatic rings. The van der Waals surface area contributed by atoms with E-state index in [1.54, 1.807) is 0 Å². The van der Waals surface area contributed by atoms with Gasteiger partial charge < -0.3 is 15.2 Å². The van der Waals surface area contributed by atoms with Gasteiger partial charge in [-0.2, -0.15) is 0 Å². The van der Waals surface area contributed by atoms with Crippen LogP contribution in [-0.4, -0.2) is 30.9 Å². The molecule has 3 nitrogen and oxygen atoms in total. The highest BCUT2D eigenvalue weighted by atomic mass is 32.1. The zero-order chi connectivity index (χ0) is 9.68. The number of rotatable bonds is 4. The van der Waals surface area contributed by atoms with E-state index < -0.39 is 0 Å². The van der Waals surface area contributed by atoms with Crippen LogP contribution in [0.2, 0.25) is 0 Å². The molecule has 0 spiro atoms. The maximum atomic E-state index is 5.66. The molecular weight excluding hydrogens is 186 g/mol. The highest BCUT2D eigenvalue weighted by molar-refractivity contribution is 7.80. The minimum absolute atomic E-state index is 0.179. The van der Waals surface area contributed by atoms with Crippen LogP contribution in [0.25, 0.3) is 0 Å². The van der Waals surface area contributed by atoms with E-state index in [-0.39, 0.29) is 5.92 Å². The highest BCUT2D eigenvalue weighted by Gasteiger charge is 2.15. The molecule has 1 aliphatic heterocycles. The normalized spacial score (nSPS) is 21.3. The topological polar surface area (TPSA) is 44.5 Å². The van der Waals surface area contributed by atoms with Gasteiger partial charge in [0.25, 0.3) is 0 Å². The third-order valence-corrected chi connectivity index (χ3v) is 2.64. The molecule has 76 valence electrons. The van der Waals surface area contributed by atoms with E-state index in [2.05, 4.69) is 0 Å². The minimum Gasteiger partial charge on any atom is -0.393 e. The predicted molar refractivity (Wildman–Crippen MR) is 55.7 cm³/mol. The summed E-state index contributed by atoms with van der Waals surface area (Å²) in [4.78, 5) is 0.534. The van der Waals surface area contributed by atoms with Crippen molar-refractivity contribution in [2.24, 2.45) is 11.7 Å². The van der Waals surface area contributed by atoms with Gasteiger partial charge >= 0.3 is 0 Å². The minimum atomic E-state index is 0.179. The SMILES string of the molecule is CC(COC1CCOCC1)C(N)=S. The number of nitrogens with two attached hydrogens (primary N) is 1. The standard InChI is InChI=1S/C9H17NO2S/c1-7(9(10)13)6-12-8-2-4-11-5-3-8/h7-8H,2-6H2,1H3,(H2,10,13). The van der Waals surface area contributed by atoms with Crippen molar-refractivity contribution in [2.75, 3.05) is 19.8 Å². The molecule has 1 rings (SSSR count). The molecule has 0 aromatic heterocycles. The number of thiocarbonyl (C=S) groups is 1. The molecule has 1 unspecified atom stereocenters. The smallest absolute Gasteiger partial charge is 0.0779 e. The Balaban J connectivity index is 2.13. The highest BCUT2D eigenvalue weighted by Crippen LogP contribution is 2.11. The van der Waals surface area contributed by atoms with Gasteiger partial charge in [0.2, 0.25) is 0 Å². The van der Waals surface area contributed by atoms with Crippen molar-refractivity contribution in [3.8, 4) is 0 Å². The predicted octanol–water partition coefficient (Wildman–Crippen LogP) is 1.10. The largest absolute Gasteiger partial charge is 0.393 e. The van der Waals surface area contributed by atoms with E-state index in [1.807, 2.05) is 6.92 Å². The molecule has 1 heterocycles. The molecule has 0 bridgehead atoms. The van der Waals surface area contributed by atoms with E-state index in [9.17, 15) is 0 Å². The van der Waals surface area contributed by atoms with Gasteiger partial charge in [-0.05, 0) is 12.8 Å². The Kier molecular flexibility index (Phi) is 4.62. The fourth-order valence-corrected chi connectivity index (χ4v) is 1.27. The van der Waals surface area contributed by atoms with Crippen LogP contribution in [-0.2, 0) is 9.47 Å². The molecule has 1 saturated heterocycles. The second kappa shape index (κ2) is 5.52. The second-order valence-corrected chi connectivity index (χ2v) is 3.92. The summed E-state index contributed by atoms with van der Waals surface area (Å²) in [6, 6.07) is 0. The summed E-state index contributed by atoms with van der Waals surface area (Å²) in [5.41, 5.74) is 5.48. The van der Waals surface area contributed by atoms with E-state index in [0.29, 0.717) is 17.7 Å². The number of ether oxygens (including phenoxy) is 2. The average molecular weight is 203 g/mol. The van der Waals surface area contributed by atoms with Crippen LogP contribution in [0.15, 0.2) is 0 Å². The van der Waals surface area contributed by atoms with Crippen LogP contribution in [0.5, 0.6) is 0 Å². The molecule has 0 aliphatic carbocycles. The van der Waals surface area contributed by atoms with Crippen molar-refractivity contribution in [1.29, 1.82) is 0 Å². The lowest BCUT2D eigenvalue weighted by Gasteiger charge is -2.23. The molecule has 1 fully saturated rings. The first-order valence-electron chi connectivity index (χ1n) is 4.69. The summed E-state index contributed by atoms with van der Waals surface area (Å²) in [6.45, 7) is 4.25. The summed E-state index contributed by atoms with van der Waals surface area (Å²) in [5.74, 6) is 0.179. The van der Waals surface area contributed by atoms with E-state index >= 15 is 0 Å². The molecule has 2 N–H and O–H groups in total. The summed E-state index contributed by atoms with van der Waals surface area (Å²) in [5, 5.41) is 0. The second-order valence-electron chi connectivity index (χ2n) is 3.45. The van der Waals surface area contributed by atoms with Crippen molar-refractivity contribution in [3.05, 3.63) is 0 Å². The monoisotopic (exact) mass is 203 g/mol. The zero-order valence-electron chi connectivity index (χ0n) is 7.99. The van der Waals surface area contributed by atoms with Crippen LogP contribution in [0.1, 0.15) is 19.8 Å². The van der Waals surface area contributed by atoms with Gasteiger partial charge in [-0.3, -0.25) is 0 Å². The van der Waals surface area contributed by atoms with Gasteiger partial charge in [-0.25, -0.2) is 0 Å². The van der Waals surface area contributed by atoms with Gasteiger partial charge in [0.1, 0.15) is 0 Å². The van der Waals surface area contributed by atoms with E-state index in [4.69, 9.17) is 27.4 Å². The summed E-state index contributed by atoms with van der Waals surface area (Å²) in [7, 11) is 0. The third kappa shape index (κ3) is 4.02. The molecule has 13 heavy (non-hydrogen) atoms. The van der Waals surface area contributed by atoms with E-state index in [0.717, 1.165) is 26.1 Å². The number of hydrogen-bond donors (Lipinski definition) is 1. The Bertz CT molecular complexity index is 169. The van der Waals surface area contributed by atoms with Crippen molar-refractivity contribution < 1.29 is 9.47 Å². The first-order valence-corrected chi connectivity index (χ1v) is 5.09. The Morgan fingerprint density at radius 3 is 2.77 bits per heavy atom. The fourth-order valence-electron chi connectivity index (χ4n) is 1.21. The molecule has 0 radical (unpaired) electrons. The summed E-state index contributed by atoms with van der Waals surface area (Å²) in [6.07, 6.45) is 2.32. The van der Waals surface area contributed by atoms with Crippen molar-refractivity contribution in [3.63, 3.8) is 0 Å². The van der Waals surface area contributed by atoms with Crippen molar-refractivity contribution >= 4 is 17.2 Å². The molecule has 0 aromatic carbocycles. The molecule has 0 amide bonds. The average Bonchev–Trinajstić information content (AvgIpc) is 2.15. The molecule has 1 atom stereocenters. The maximum absolute atomic E-state index is 5.66. The van der Waals surface area contributed by atoms with Gasteiger partial charge in [-0.15, -0.1) is 0 Å². The fraction of sp³-hybridized carbons (Fsp3) is 0.889. The van der Waals surface area contributed by atoms with Crippen LogP contribution in [0, 0.1) is 5.92 Å². The van der Waals surface area contributed by atoms with Gasteiger partial charge in [0.05, 0.1) is 17.7 Å². The quantitative estimate of drug-likeness (QED) is 0.695. The summed E-state index contributed by atoms with van der Waals surface area (Å²) >= 11 is 4.86. The Labute approximate surface area is 84.6 Å². The van der Waals surface area contributed by atoms with Gasteiger partial charge in [-0.1, -0.05) is 19.1 Å². The third-order valence-electron chi connectivity index (χ3n) is 2.24. The lowest BCUT2D eigenvalue weighted by atomic mass is 10.1. The molecule has 4 heteroatoms. The van der Waals surface area contributed by atoms with Crippen molar-refractivity contribution in [1.82, 2.24) is 0 Å². The first kappa shape index (κ1) is 10.9. The Morgan fingerprint density at radius 1 is 1.62 bits per heavy atom. The summed E-state index contributed by atoms with van der Waals surface area (Å²) < 4.78 is 10.9. The molecular formula is C9H17NO2S.